The molecule has 1 heterocycles. The first-order chi connectivity index (χ1) is 6.98. The SMILES string of the molecule is CCC(C)(C)NC(=O)C1CCC(CN)O1. The summed E-state index contributed by atoms with van der Waals surface area (Å²) in [5.74, 6) is -0.00204. The zero-order valence-corrected chi connectivity index (χ0v) is 9.88. The average molecular weight is 214 g/mol. The molecular weight excluding hydrogens is 192 g/mol. The Balaban J connectivity index is 2.42. The van der Waals surface area contributed by atoms with E-state index in [1.807, 2.05) is 13.8 Å². The Morgan fingerprint density at radius 2 is 2.20 bits per heavy atom. The topological polar surface area (TPSA) is 64.4 Å². The molecule has 15 heavy (non-hydrogen) atoms. The Hall–Kier alpha value is -0.610. The molecule has 0 aliphatic carbocycles. The van der Waals surface area contributed by atoms with Crippen LogP contribution in [0.5, 0.6) is 0 Å². The highest BCUT2D eigenvalue weighted by Gasteiger charge is 2.32. The van der Waals surface area contributed by atoms with Gasteiger partial charge in [0.25, 0.3) is 0 Å². The summed E-state index contributed by atoms with van der Waals surface area (Å²) in [4.78, 5) is 11.8. The monoisotopic (exact) mass is 214 g/mol. The Morgan fingerprint density at radius 3 is 2.67 bits per heavy atom. The molecule has 1 fully saturated rings. The van der Waals surface area contributed by atoms with Crippen LogP contribution >= 0.6 is 0 Å². The molecule has 1 aliphatic heterocycles. The summed E-state index contributed by atoms with van der Waals surface area (Å²) >= 11 is 0. The lowest BCUT2D eigenvalue weighted by Crippen LogP contribution is -2.47. The van der Waals surface area contributed by atoms with Gasteiger partial charge in [-0.3, -0.25) is 4.79 Å². The number of hydrogen-bond donors (Lipinski definition) is 2. The number of carbonyl (C=O) groups is 1. The van der Waals surface area contributed by atoms with E-state index in [9.17, 15) is 4.79 Å². The van der Waals surface area contributed by atoms with Gasteiger partial charge in [0.15, 0.2) is 0 Å². The van der Waals surface area contributed by atoms with Crippen molar-refractivity contribution in [1.82, 2.24) is 5.32 Å². The van der Waals surface area contributed by atoms with E-state index in [1.165, 1.54) is 0 Å². The second-order valence-electron chi connectivity index (χ2n) is 4.79. The predicted octanol–water partition coefficient (Wildman–Crippen LogP) is 0.797. The maximum atomic E-state index is 11.8. The van der Waals surface area contributed by atoms with Crippen LogP contribution in [0, 0.1) is 0 Å². The van der Waals surface area contributed by atoms with Crippen molar-refractivity contribution in [2.75, 3.05) is 6.54 Å². The Bertz CT molecular complexity index is 229. The van der Waals surface area contributed by atoms with Crippen LogP contribution in [0.25, 0.3) is 0 Å². The van der Waals surface area contributed by atoms with Crippen LogP contribution in [0.15, 0.2) is 0 Å². The Labute approximate surface area is 91.5 Å². The molecule has 4 nitrogen and oxygen atoms in total. The van der Waals surface area contributed by atoms with Crippen LogP contribution in [0.1, 0.15) is 40.0 Å². The average Bonchev–Trinajstić information content (AvgIpc) is 2.65. The quantitative estimate of drug-likeness (QED) is 0.727. The van der Waals surface area contributed by atoms with Gasteiger partial charge in [-0.15, -0.1) is 0 Å². The van der Waals surface area contributed by atoms with Gasteiger partial charge in [0, 0.05) is 12.1 Å². The maximum Gasteiger partial charge on any atom is 0.249 e. The molecular formula is C11H22N2O2. The second kappa shape index (κ2) is 4.94. The van der Waals surface area contributed by atoms with Crippen LogP contribution in [0.3, 0.4) is 0 Å². The van der Waals surface area contributed by atoms with Gasteiger partial charge in [0.1, 0.15) is 6.10 Å². The van der Waals surface area contributed by atoms with Crippen molar-refractivity contribution in [2.45, 2.75) is 57.8 Å². The fourth-order valence-corrected chi connectivity index (χ4v) is 1.57. The van der Waals surface area contributed by atoms with Gasteiger partial charge < -0.3 is 15.8 Å². The molecule has 2 atom stereocenters. The molecule has 3 N–H and O–H groups in total. The molecule has 88 valence electrons. The zero-order chi connectivity index (χ0) is 11.5. The van der Waals surface area contributed by atoms with Gasteiger partial charge in [-0.05, 0) is 33.1 Å². The van der Waals surface area contributed by atoms with Crippen molar-refractivity contribution < 1.29 is 9.53 Å². The van der Waals surface area contributed by atoms with Gasteiger partial charge in [0.05, 0.1) is 6.10 Å². The van der Waals surface area contributed by atoms with E-state index in [1.54, 1.807) is 0 Å². The molecule has 2 unspecified atom stereocenters. The smallest absolute Gasteiger partial charge is 0.249 e. The van der Waals surface area contributed by atoms with Crippen molar-refractivity contribution in [1.29, 1.82) is 0 Å². The van der Waals surface area contributed by atoms with E-state index >= 15 is 0 Å². The van der Waals surface area contributed by atoms with Gasteiger partial charge in [-0.1, -0.05) is 6.92 Å². The van der Waals surface area contributed by atoms with Crippen molar-refractivity contribution in [3.63, 3.8) is 0 Å². The number of nitrogens with two attached hydrogens (primary N) is 1. The van der Waals surface area contributed by atoms with E-state index in [2.05, 4.69) is 12.2 Å². The van der Waals surface area contributed by atoms with Crippen molar-refractivity contribution in [3.05, 3.63) is 0 Å². The summed E-state index contributed by atoms with van der Waals surface area (Å²) in [7, 11) is 0. The minimum atomic E-state index is -0.302. The van der Waals surface area contributed by atoms with Crippen LogP contribution in [0.2, 0.25) is 0 Å². The Morgan fingerprint density at radius 1 is 1.53 bits per heavy atom. The standard InChI is InChI=1S/C11H22N2O2/c1-4-11(2,3)13-10(14)9-6-5-8(7-12)15-9/h8-9H,4-7,12H2,1-3H3,(H,13,14). The molecule has 0 radical (unpaired) electrons. The summed E-state index contributed by atoms with van der Waals surface area (Å²) in [6, 6.07) is 0. The lowest BCUT2D eigenvalue weighted by Gasteiger charge is -2.26. The fraction of sp³-hybridized carbons (Fsp3) is 0.909. The molecule has 1 rings (SSSR count). The fourth-order valence-electron chi connectivity index (χ4n) is 1.57. The van der Waals surface area contributed by atoms with Gasteiger partial charge in [0.2, 0.25) is 5.91 Å². The van der Waals surface area contributed by atoms with E-state index in [-0.39, 0.29) is 23.7 Å². The first-order valence-electron chi connectivity index (χ1n) is 5.66. The van der Waals surface area contributed by atoms with Crippen LogP contribution in [-0.4, -0.2) is 30.2 Å². The highest BCUT2D eigenvalue weighted by molar-refractivity contribution is 5.81. The third-order valence-corrected chi connectivity index (χ3v) is 3.01. The first-order valence-corrected chi connectivity index (χ1v) is 5.66. The van der Waals surface area contributed by atoms with Gasteiger partial charge in [-0.2, -0.15) is 0 Å². The molecule has 4 heteroatoms. The summed E-state index contributed by atoms with van der Waals surface area (Å²) < 4.78 is 5.53. The molecule has 0 aromatic carbocycles. The third kappa shape index (κ3) is 3.47. The van der Waals surface area contributed by atoms with Crippen LogP contribution < -0.4 is 11.1 Å². The largest absolute Gasteiger partial charge is 0.364 e. The number of amides is 1. The molecule has 1 aliphatic rings. The van der Waals surface area contributed by atoms with E-state index in [0.29, 0.717) is 6.54 Å². The number of carbonyl (C=O) groups excluding carboxylic acids is 1. The Kier molecular flexibility index (Phi) is 4.11. The van der Waals surface area contributed by atoms with Gasteiger partial charge in [-0.25, -0.2) is 0 Å². The van der Waals surface area contributed by atoms with Crippen LogP contribution in [-0.2, 0) is 9.53 Å². The van der Waals surface area contributed by atoms with E-state index in [4.69, 9.17) is 10.5 Å². The number of nitrogens with one attached hydrogen (secondary N) is 1. The number of hydrogen-bond acceptors (Lipinski definition) is 3. The van der Waals surface area contributed by atoms with Crippen molar-refractivity contribution in [3.8, 4) is 0 Å². The molecule has 0 spiro atoms. The molecule has 0 saturated carbocycles. The maximum absolute atomic E-state index is 11.8. The summed E-state index contributed by atoms with van der Waals surface area (Å²) in [5, 5.41) is 2.99. The molecule has 0 bridgehead atoms. The minimum absolute atomic E-state index is 0.00204. The zero-order valence-electron chi connectivity index (χ0n) is 9.88. The van der Waals surface area contributed by atoms with Crippen molar-refractivity contribution >= 4 is 5.91 Å². The third-order valence-electron chi connectivity index (χ3n) is 3.01. The summed E-state index contributed by atoms with van der Waals surface area (Å²) in [6.07, 6.45) is 2.34. The first kappa shape index (κ1) is 12.5. The summed E-state index contributed by atoms with van der Waals surface area (Å²) in [6.45, 7) is 6.58. The van der Waals surface area contributed by atoms with E-state index < -0.39 is 0 Å². The summed E-state index contributed by atoms with van der Waals surface area (Å²) in [5.41, 5.74) is 5.34. The second-order valence-corrected chi connectivity index (χ2v) is 4.79. The lowest BCUT2D eigenvalue weighted by atomic mass is 10.0. The molecule has 0 aromatic rings. The van der Waals surface area contributed by atoms with Crippen molar-refractivity contribution in [2.24, 2.45) is 5.73 Å². The number of rotatable bonds is 4. The lowest BCUT2D eigenvalue weighted by molar-refractivity contribution is -0.133. The highest BCUT2D eigenvalue weighted by Crippen LogP contribution is 2.20. The predicted molar refractivity (Wildman–Crippen MR) is 59.5 cm³/mol. The molecule has 1 saturated heterocycles. The normalized spacial score (nSPS) is 26.7. The number of ether oxygens (including phenoxy) is 1. The van der Waals surface area contributed by atoms with Crippen LogP contribution in [0.4, 0.5) is 0 Å². The highest BCUT2D eigenvalue weighted by atomic mass is 16.5. The minimum Gasteiger partial charge on any atom is -0.364 e. The van der Waals surface area contributed by atoms with E-state index in [0.717, 1.165) is 19.3 Å². The van der Waals surface area contributed by atoms with Gasteiger partial charge >= 0.3 is 0 Å². The molecule has 0 aromatic heterocycles. The molecule has 1 amide bonds.